The van der Waals surface area contributed by atoms with E-state index >= 15 is 0 Å². The van der Waals surface area contributed by atoms with Gasteiger partial charge < -0.3 is 14.7 Å². The summed E-state index contributed by atoms with van der Waals surface area (Å²) in [6.07, 6.45) is 0. The SMILES string of the molecule is CC(C)(COCc1ccccc1)C(=O)N1C[C@H](C(=O)O)[C@H](c2ccccc2)C1. The molecule has 0 spiro atoms. The molecule has 5 heteroatoms. The summed E-state index contributed by atoms with van der Waals surface area (Å²) in [6.45, 7) is 5.09. The number of carbonyl (C=O) groups excluding carboxylic acids is 1. The van der Waals surface area contributed by atoms with E-state index in [0.717, 1.165) is 11.1 Å². The number of carboxylic acids is 1. The van der Waals surface area contributed by atoms with Gasteiger partial charge in [-0.2, -0.15) is 0 Å². The highest BCUT2D eigenvalue weighted by Gasteiger charge is 2.43. The van der Waals surface area contributed by atoms with Crippen molar-refractivity contribution < 1.29 is 19.4 Å². The number of aliphatic carboxylic acids is 1. The molecule has 1 fully saturated rings. The second kappa shape index (κ2) is 8.57. The Morgan fingerprint density at radius 2 is 1.64 bits per heavy atom. The number of hydrogen-bond acceptors (Lipinski definition) is 3. The maximum Gasteiger partial charge on any atom is 0.308 e. The lowest BCUT2D eigenvalue weighted by atomic mass is 9.89. The van der Waals surface area contributed by atoms with E-state index in [1.165, 1.54) is 0 Å². The van der Waals surface area contributed by atoms with Gasteiger partial charge in [-0.05, 0) is 25.0 Å². The fourth-order valence-corrected chi connectivity index (χ4v) is 3.75. The van der Waals surface area contributed by atoms with Crippen molar-refractivity contribution in [2.75, 3.05) is 19.7 Å². The molecule has 5 nitrogen and oxygen atoms in total. The molecule has 0 unspecified atom stereocenters. The number of amides is 1. The van der Waals surface area contributed by atoms with E-state index < -0.39 is 17.3 Å². The van der Waals surface area contributed by atoms with Crippen LogP contribution in [0, 0.1) is 11.3 Å². The van der Waals surface area contributed by atoms with E-state index in [4.69, 9.17) is 4.74 Å². The summed E-state index contributed by atoms with van der Waals surface area (Å²) in [4.78, 5) is 26.6. The Morgan fingerprint density at radius 1 is 1.04 bits per heavy atom. The van der Waals surface area contributed by atoms with Gasteiger partial charge in [-0.3, -0.25) is 9.59 Å². The van der Waals surface area contributed by atoms with Crippen LogP contribution in [-0.4, -0.2) is 41.6 Å². The minimum atomic E-state index is -0.859. The van der Waals surface area contributed by atoms with Crippen LogP contribution in [0.2, 0.25) is 0 Å². The van der Waals surface area contributed by atoms with Gasteiger partial charge in [-0.1, -0.05) is 60.7 Å². The Hall–Kier alpha value is -2.66. The molecule has 0 aromatic heterocycles. The van der Waals surface area contributed by atoms with Crippen molar-refractivity contribution in [2.45, 2.75) is 26.4 Å². The summed E-state index contributed by atoms with van der Waals surface area (Å²) in [5, 5.41) is 9.65. The number of ether oxygens (including phenoxy) is 1. The van der Waals surface area contributed by atoms with Crippen LogP contribution in [-0.2, 0) is 20.9 Å². The van der Waals surface area contributed by atoms with Gasteiger partial charge in [0.25, 0.3) is 0 Å². The zero-order valence-corrected chi connectivity index (χ0v) is 16.4. The van der Waals surface area contributed by atoms with Crippen LogP contribution in [0.5, 0.6) is 0 Å². The zero-order chi connectivity index (χ0) is 20.1. The Balaban J connectivity index is 1.64. The highest BCUT2D eigenvalue weighted by molar-refractivity contribution is 5.84. The molecule has 1 aliphatic heterocycles. The fourth-order valence-electron chi connectivity index (χ4n) is 3.75. The molecule has 2 aromatic rings. The Kier molecular flexibility index (Phi) is 6.15. The van der Waals surface area contributed by atoms with Crippen LogP contribution in [0.1, 0.15) is 30.9 Å². The van der Waals surface area contributed by atoms with E-state index in [1.807, 2.05) is 74.5 Å². The largest absolute Gasteiger partial charge is 0.481 e. The van der Waals surface area contributed by atoms with Gasteiger partial charge in [0.05, 0.1) is 24.5 Å². The topological polar surface area (TPSA) is 66.8 Å². The summed E-state index contributed by atoms with van der Waals surface area (Å²) in [6, 6.07) is 19.4. The molecule has 0 saturated carbocycles. The second-order valence-corrected chi connectivity index (χ2v) is 8.03. The predicted octanol–water partition coefficient (Wildman–Crippen LogP) is 3.56. The van der Waals surface area contributed by atoms with E-state index in [-0.39, 0.29) is 25.0 Å². The van der Waals surface area contributed by atoms with E-state index in [9.17, 15) is 14.7 Å². The van der Waals surface area contributed by atoms with Crippen molar-refractivity contribution in [3.63, 3.8) is 0 Å². The maximum atomic E-state index is 13.1. The molecule has 0 bridgehead atoms. The number of hydrogen-bond donors (Lipinski definition) is 1. The third kappa shape index (κ3) is 4.60. The minimum absolute atomic E-state index is 0.0646. The van der Waals surface area contributed by atoms with Crippen LogP contribution in [0.15, 0.2) is 60.7 Å². The van der Waals surface area contributed by atoms with Gasteiger partial charge >= 0.3 is 5.97 Å². The van der Waals surface area contributed by atoms with Crippen molar-refractivity contribution in [2.24, 2.45) is 11.3 Å². The van der Waals surface area contributed by atoms with Gasteiger partial charge in [0.1, 0.15) is 0 Å². The van der Waals surface area contributed by atoms with Gasteiger partial charge in [-0.25, -0.2) is 0 Å². The molecule has 2 aromatic carbocycles. The summed E-state index contributed by atoms with van der Waals surface area (Å²) in [5.41, 5.74) is 1.30. The number of carbonyl (C=O) groups is 2. The molecular formula is C23H27NO4. The van der Waals surface area contributed by atoms with Gasteiger partial charge in [0.15, 0.2) is 0 Å². The van der Waals surface area contributed by atoms with E-state index in [1.54, 1.807) is 4.90 Å². The van der Waals surface area contributed by atoms with Crippen LogP contribution in [0.25, 0.3) is 0 Å². The smallest absolute Gasteiger partial charge is 0.308 e. The van der Waals surface area contributed by atoms with Crippen molar-refractivity contribution in [3.8, 4) is 0 Å². The van der Waals surface area contributed by atoms with E-state index in [2.05, 4.69) is 0 Å². The number of nitrogens with zero attached hydrogens (tertiary/aromatic N) is 1. The van der Waals surface area contributed by atoms with Crippen molar-refractivity contribution in [1.29, 1.82) is 0 Å². The van der Waals surface area contributed by atoms with Crippen LogP contribution in [0.4, 0.5) is 0 Å². The molecule has 1 saturated heterocycles. The molecule has 3 rings (SSSR count). The first kappa shape index (κ1) is 20.1. The van der Waals surface area contributed by atoms with Crippen molar-refractivity contribution in [3.05, 3.63) is 71.8 Å². The molecule has 28 heavy (non-hydrogen) atoms. The molecule has 148 valence electrons. The molecule has 0 radical (unpaired) electrons. The predicted molar refractivity (Wildman–Crippen MR) is 107 cm³/mol. The summed E-state index contributed by atoms with van der Waals surface area (Å²) in [5.74, 6) is -1.70. The first-order valence-electron chi connectivity index (χ1n) is 9.57. The highest BCUT2D eigenvalue weighted by Crippen LogP contribution is 2.35. The third-order valence-corrected chi connectivity index (χ3v) is 5.31. The molecule has 1 amide bonds. The Labute approximate surface area is 165 Å². The second-order valence-electron chi connectivity index (χ2n) is 8.03. The number of rotatable bonds is 7. The summed E-state index contributed by atoms with van der Waals surface area (Å²) >= 11 is 0. The van der Waals surface area contributed by atoms with Crippen LogP contribution in [0.3, 0.4) is 0 Å². The number of benzene rings is 2. The zero-order valence-electron chi connectivity index (χ0n) is 16.4. The van der Waals surface area contributed by atoms with Crippen molar-refractivity contribution >= 4 is 11.9 Å². The summed E-state index contributed by atoms with van der Waals surface area (Å²) < 4.78 is 5.79. The minimum Gasteiger partial charge on any atom is -0.481 e. The quantitative estimate of drug-likeness (QED) is 0.796. The maximum absolute atomic E-state index is 13.1. The lowest BCUT2D eigenvalue weighted by Gasteiger charge is -2.29. The lowest BCUT2D eigenvalue weighted by molar-refractivity contribution is -0.144. The van der Waals surface area contributed by atoms with Crippen LogP contribution < -0.4 is 0 Å². The standard InChI is InChI=1S/C23H27NO4/c1-23(2,16-28-15-17-9-5-3-6-10-17)22(27)24-13-19(20(14-24)21(25)26)18-11-7-4-8-12-18/h3-12,19-20H,13-16H2,1-2H3,(H,25,26)/t19-,20-/m0/s1. The first-order valence-corrected chi connectivity index (χ1v) is 9.57. The van der Waals surface area contributed by atoms with Crippen molar-refractivity contribution in [1.82, 2.24) is 4.90 Å². The normalized spacial score (nSPS) is 19.6. The van der Waals surface area contributed by atoms with Crippen LogP contribution >= 0.6 is 0 Å². The number of likely N-dealkylation sites (tertiary alicyclic amines) is 1. The Bertz CT molecular complexity index is 804. The average Bonchev–Trinajstić information content (AvgIpc) is 3.14. The molecule has 1 heterocycles. The van der Waals surface area contributed by atoms with E-state index in [0.29, 0.717) is 13.2 Å². The Morgan fingerprint density at radius 3 is 2.25 bits per heavy atom. The highest BCUT2D eigenvalue weighted by atomic mass is 16.5. The first-order chi connectivity index (χ1) is 13.4. The molecule has 2 atom stereocenters. The lowest BCUT2D eigenvalue weighted by Crippen LogP contribution is -2.42. The third-order valence-electron chi connectivity index (χ3n) is 5.31. The van der Waals surface area contributed by atoms with Gasteiger partial charge in [0.2, 0.25) is 5.91 Å². The van der Waals surface area contributed by atoms with Gasteiger partial charge in [0, 0.05) is 19.0 Å². The van der Waals surface area contributed by atoms with Gasteiger partial charge in [-0.15, -0.1) is 0 Å². The molecule has 1 aliphatic rings. The fraction of sp³-hybridized carbons (Fsp3) is 0.391. The molecular weight excluding hydrogens is 354 g/mol. The summed E-state index contributed by atoms with van der Waals surface area (Å²) in [7, 11) is 0. The monoisotopic (exact) mass is 381 g/mol. The average molecular weight is 381 g/mol. The number of carboxylic acid groups (broad SMARTS) is 1. The molecule has 0 aliphatic carbocycles. The molecule has 1 N–H and O–H groups in total.